The fraction of sp³-hybridized carbons (Fsp3) is 0.179. The summed E-state index contributed by atoms with van der Waals surface area (Å²) in [6.45, 7) is 4.75. The number of nitrogens with zero attached hydrogens (tertiary/aromatic N) is 1. The van der Waals surface area contributed by atoms with Gasteiger partial charge in [0.25, 0.3) is 0 Å². The van der Waals surface area contributed by atoms with E-state index in [-0.39, 0.29) is 5.41 Å². The predicted octanol–water partition coefficient (Wildman–Crippen LogP) is 10.6. The number of anilines is 3. The van der Waals surface area contributed by atoms with Crippen LogP contribution in [0.4, 0.5) is 17.1 Å². The molecule has 2 aliphatic rings. The van der Waals surface area contributed by atoms with Gasteiger partial charge >= 0.3 is 0 Å². The van der Waals surface area contributed by atoms with Crippen molar-refractivity contribution in [2.75, 3.05) is 4.90 Å². The summed E-state index contributed by atoms with van der Waals surface area (Å²) in [5, 5.41) is 5.18. The average molecular weight is 516 g/mol. The summed E-state index contributed by atoms with van der Waals surface area (Å²) in [7, 11) is 0. The minimum atomic E-state index is -0.0465. The zero-order valence-corrected chi connectivity index (χ0v) is 23.2. The molecule has 0 radical (unpaired) electrons. The van der Waals surface area contributed by atoms with Gasteiger partial charge in [-0.2, -0.15) is 0 Å². The van der Waals surface area contributed by atoms with Crippen molar-refractivity contribution in [3.8, 4) is 11.1 Å². The zero-order valence-electron chi connectivity index (χ0n) is 23.2. The standard InChI is InChI=1S/C39H33N/c1-39(2)35-20-10-9-18-32(35)33-23-22-28(25-36(33)39)40(37-21-11-14-26-12-3-6-16-30(26)37)38-24-27-13-4-5-15-29(27)31-17-7-8-19-34(31)38/h4-5,7-11,13-15,17-25H,3,6,12,16H2,1-2H3. The van der Waals surface area contributed by atoms with E-state index in [1.165, 1.54) is 91.3 Å². The lowest BCUT2D eigenvalue weighted by atomic mass is 9.82. The third kappa shape index (κ3) is 3.40. The summed E-state index contributed by atoms with van der Waals surface area (Å²) in [6, 6.07) is 43.2. The molecule has 0 saturated carbocycles. The van der Waals surface area contributed by atoms with Crippen LogP contribution in [0.2, 0.25) is 0 Å². The quantitative estimate of drug-likeness (QED) is 0.212. The molecule has 40 heavy (non-hydrogen) atoms. The Morgan fingerprint density at radius 1 is 0.550 bits per heavy atom. The topological polar surface area (TPSA) is 3.24 Å². The molecule has 0 atom stereocenters. The van der Waals surface area contributed by atoms with Gasteiger partial charge in [-0.3, -0.25) is 0 Å². The van der Waals surface area contributed by atoms with Crippen molar-refractivity contribution < 1.29 is 0 Å². The van der Waals surface area contributed by atoms with Crippen LogP contribution in [0.25, 0.3) is 32.7 Å². The van der Waals surface area contributed by atoms with E-state index in [4.69, 9.17) is 0 Å². The van der Waals surface area contributed by atoms with Crippen LogP contribution in [0.3, 0.4) is 0 Å². The number of aryl methyl sites for hydroxylation is 1. The average Bonchev–Trinajstić information content (AvgIpc) is 3.23. The Labute approximate surface area is 236 Å². The SMILES string of the molecule is CC1(C)c2ccccc2-c2ccc(N(c3cccc4c3CCCC4)c3cc4ccccc4c4ccccc34)cc21. The third-order valence-electron chi connectivity index (χ3n) is 9.42. The summed E-state index contributed by atoms with van der Waals surface area (Å²) in [4.78, 5) is 2.57. The molecule has 0 aromatic heterocycles. The molecule has 1 heteroatoms. The second-order valence-corrected chi connectivity index (χ2v) is 12.0. The molecule has 2 aliphatic carbocycles. The first-order valence-corrected chi connectivity index (χ1v) is 14.7. The Bertz CT molecular complexity index is 1940. The Balaban J connectivity index is 1.44. The lowest BCUT2D eigenvalue weighted by molar-refractivity contribution is 0.660. The van der Waals surface area contributed by atoms with E-state index in [0.29, 0.717) is 0 Å². The molecule has 0 bridgehead atoms. The zero-order chi connectivity index (χ0) is 26.8. The molecule has 6 aromatic rings. The maximum Gasteiger partial charge on any atom is 0.0546 e. The number of rotatable bonds is 3. The van der Waals surface area contributed by atoms with Crippen molar-refractivity contribution in [3.63, 3.8) is 0 Å². The summed E-state index contributed by atoms with van der Waals surface area (Å²) < 4.78 is 0. The minimum Gasteiger partial charge on any atom is -0.310 e. The highest BCUT2D eigenvalue weighted by Gasteiger charge is 2.36. The summed E-state index contributed by atoms with van der Waals surface area (Å²) in [5.41, 5.74) is 12.3. The fourth-order valence-corrected chi connectivity index (χ4v) is 7.43. The Morgan fingerprint density at radius 3 is 2.17 bits per heavy atom. The number of hydrogen-bond acceptors (Lipinski definition) is 1. The Kier molecular flexibility index (Phi) is 5.19. The fourth-order valence-electron chi connectivity index (χ4n) is 7.43. The molecule has 0 N–H and O–H groups in total. The first-order valence-electron chi connectivity index (χ1n) is 14.7. The van der Waals surface area contributed by atoms with E-state index in [9.17, 15) is 0 Å². The van der Waals surface area contributed by atoms with Gasteiger partial charge in [0, 0.05) is 22.2 Å². The second-order valence-electron chi connectivity index (χ2n) is 12.0. The van der Waals surface area contributed by atoms with Crippen molar-refractivity contribution >= 4 is 38.6 Å². The summed E-state index contributed by atoms with van der Waals surface area (Å²) in [6.07, 6.45) is 4.83. The van der Waals surface area contributed by atoms with Crippen LogP contribution in [0, 0.1) is 0 Å². The van der Waals surface area contributed by atoms with Crippen LogP contribution in [-0.2, 0) is 18.3 Å². The van der Waals surface area contributed by atoms with E-state index in [1.54, 1.807) is 0 Å². The molecule has 0 unspecified atom stereocenters. The Hall–Kier alpha value is -4.36. The second kappa shape index (κ2) is 8.83. The van der Waals surface area contributed by atoms with Crippen LogP contribution >= 0.6 is 0 Å². The van der Waals surface area contributed by atoms with Crippen molar-refractivity contribution in [2.24, 2.45) is 0 Å². The van der Waals surface area contributed by atoms with Crippen LogP contribution in [0.15, 0.2) is 115 Å². The third-order valence-corrected chi connectivity index (χ3v) is 9.42. The van der Waals surface area contributed by atoms with E-state index in [0.717, 1.165) is 6.42 Å². The first kappa shape index (κ1) is 23.5. The largest absolute Gasteiger partial charge is 0.310 e. The smallest absolute Gasteiger partial charge is 0.0546 e. The summed E-state index contributed by atoms with van der Waals surface area (Å²) in [5.74, 6) is 0. The molecule has 8 rings (SSSR count). The van der Waals surface area contributed by atoms with Gasteiger partial charge in [0.05, 0.1) is 5.69 Å². The monoisotopic (exact) mass is 515 g/mol. The number of hydrogen-bond donors (Lipinski definition) is 0. The van der Waals surface area contributed by atoms with Gasteiger partial charge in [-0.1, -0.05) is 105 Å². The van der Waals surface area contributed by atoms with Gasteiger partial charge in [0.1, 0.15) is 0 Å². The van der Waals surface area contributed by atoms with Gasteiger partial charge in [-0.05, 0) is 99.5 Å². The van der Waals surface area contributed by atoms with Crippen LogP contribution in [-0.4, -0.2) is 0 Å². The lowest BCUT2D eigenvalue weighted by Crippen LogP contribution is -2.18. The van der Waals surface area contributed by atoms with Crippen molar-refractivity contribution in [2.45, 2.75) is 44.9 Å². The highest BCUT2D eigenvalue weighted by Crippen LogP contribution is 2.51. The molecule has 0 fully saturated rings. The molecule has 1 nitrogen and oxygen atoms in total. The molecule has 0 heterocycles. The first-order chi connectivity index (χ1) is 19.6. The van der Waals surface area contributed by atoms with Crippen LogP contribution in [0.1, 0.15) is 48.9 Å². The van der Waals surface area contributed by atoms with Crippen molar-refractivity contribution in [3.05, 3.63) is 138 Å². The van der Waals surface area contributed by atoms with E-state index >= 15 is 0 Å². The normalized spacial score (nSPS) is 15.1. The highest BCUT2D eigenvalue weighted by atomic mass is 15.1. The van der Waals surface area contributed by atoms with Gasteiger partial charge in [-0.15, -0.1) is 0 Å². The van der Waals surface area contributed by atoms with Gasteiger partial charge in [0.15, 0.2) is 0 Å². The molecule has 0 amide bonds. The molecular formula is C39H33N. The minimum absolute atomic E-state index is 0.0465. The molecule has 0 aliphatic heterocycles. The van der Waals surface area contributed by atoms with E-state index in [2.05, 4.69) is 134 Å². The maximum absolute atomic E-state index is 2.57. The molecular weight excluding hydrogens is 482 g/mol. The number of fused-ring (bicyclic) bond motifs is 7. The Morgan fingerprint density at radius 2 is 1.27 bits per heavy atom. The van der Waals surface area contributed by atoms with Gasteiger partial charge in [0.2, 0.25) is 0 Å². The highest BCUT2D eigenvalue weighted by molar-refractivity contribution is 6.14. The molecule has 0 spiro atoms. The van der Waals surface area contributed by atoms with Crippen LogP contribution in [0.5, 0.6) is 0 Å². The van der Waals surface area contributed by atoms with Gasteiger partial charge in [-0.25, -0.2) is 0 Å². The van der Waals surface area contributed by atoms with E-state index in [1.807, 2.05) is 0 Å². The number of benzene rings is 6. The summed E-state index contributed by atoms with van der Waals surface area (Å²) >= 11 is 0. The van der Waals surface area contributed by atoms with Crippen molar-refractivity contribution in [1.29, 1.82) is 0 Å². The lowest BCUT2D eigenvalue weighted by Gasteiger charge is -2.32. The molecule has 6 aromatic carbocycles. The van der Waals surface area contributed by atoms with Crippen molar-refractivity contribution in [1.82, 2.24) is 0 Å². The molecule has 194 valence electrons. The van der Waals surface area contributed by atoms with Crippen LogP contribution < -0.4 is 4.90 Å². The predicted molar refractivity (Wildman–Crippen MR) is 170 cm³/mol. The van der Waals surface area contributed by atoms with Gasteiger partial charge < -0.3 is 4.90 Å². The molecule has 0 saturated heterocycles. The van der Waals surface area contributed by atoms with E-state index < -0.39 is 0 Å². The maximum atomic E-state index is 2.57.